The van der Waals surface area contributed by atoms with Crippen molar-refractivity contribution in [1.82, 2.24) is 0 Å². The van der Waals surface area contributed by atoms with Gasteiger partial charge in [0.25, 0.3) is 0 Å². The molecule has 4 unspecified atom stereocenters. The number of fused-ring (bicyclic) bond motifs is 1. The fourth-order valence-corrected chi connectivity index (χ4v) is 12.5. The Labute approximate surface area is 277 Å². The predicted molar refractivity (Wildman–Crippen MR) is 183 cm³/mol. The fraction of sp³-hybridized carbons (Fsp3) is 0.342. The lowest BCUT2D eigenvalue weighted by Gasteiger charge is -2.48. The minimum Gasteiger partial charge on any atom is -0.299 e. The maximum Gasteiger partial charge on any atom is 0.182 e. The Morgan fingerprint density at radius 2 is 1.30 bits per heavy atom. The molecule has 0 aliphatic heterocycles. The number of sulfone groups is 2. The summed E-state index contributed by atoms with van der Waals surface area (Å²) < 4.78 is 58.5. The van der Waals surface area contributed by atoms with E-state index in [4.69, 9.17) is 11.6 Å². The Morgan fingerprint density at radius 3 is 1.93 bits per heavy atom. The molecule has 0 aromatic heterocycles. The zero-order chi connectivity index (χ0) is 32.8. The van der Waals surface area contributed by atoms with Crippen molar-refractivity contribution in [2.45, 2.75) is 78.6 Å². The molecule has 240 valence electrons. The second-order valence-electron chi connectivity index (χ2n) is 12.9. The smallest absolute Gasteiger partial charge is 0.182 e. The third kappa shape index (κ3) is 5.98. The van der Waals surface area contributed by atoms with Crippen LogP contribution >= 0.6 is 11.6 Å². The summed E-state index contributed by atoms with van der Waals surface area (Å²) in [6.45, 7) is 5.77. The van der Waals surface area contributed by atoms with E-state index in [2.05, 4.69) is 6.92 Å². The molecule has 2 fully saturated rings. The number of carbonyl (C=O) groups excluding carboxylic acids is 1. The number of hydrogen-bond acceptors (Lipinski definition) is 5. The number of halogens is 1. The van der Waals surface area contributed by atoms with E-state index in [1.54, 1.807) is 61.5 Å². The first-order valence-corrected chi connectivity index (χ1v) is 19.4. The molecule has 4 aromatic carbocycles. The van der Waals surface area contributed by atoms with E-state index in [-0.39, 0.29) is 34.8 Å². The highest BCUT2D eigenvalue weighted by Gasteiger charge is 2.56. The van der Waals surface area contributed by atoms with Gasteiger partial charge in [-0.05, 0) is 91.6 Å². The molecule has 0 amide bonds. The van der Waals surface area contributed by atoms with Gasteiger partial charge in [-0.15, -0.1) is 0 Å². The van der Waals surface area contributed by atoms with Crippen LogP contribution in [0.5, 0.6) is 0 Å². The second kappa shape index (κ2) is 12.7. The van der Waals surface area contributed by atoms with Crippen molar-refractivity contribution in [3.63, 3.8) is 0 Å². The third-order valence-electron chi connectivity index (χ3n) is 10.3. The van der Waals surface area contributed by atoms with Crippen molar-refractivity contribution >= 4 is 37.1 Å². The molecule has 2 aliphatic rings. The zero-order valence-corrected chi connectivity index (χ0v) is 28.7. The van der Waals surface area contributed by atoms with Crippen LogP contribution in [0, 0.1) is 25.7 Å². The average Bonchev–Trinajstić information content (AvgIpc) is 3.04. The fourth-order valence-electron chi connectivity index (χ4n) is 7.80. The largest absolute Gasteiger partial charge is 0.299 e. The Hall–Kier alpha value is -3.26. The van der Waals surface area contributed by atoms with E-state index in [0.717, 1.165) is 28.7 Å². The number of Topliss-reactive ketones (excluding diaryl/α,β-unsaturated/α-hetero) is 1. The number of aryl methyl sites for hydroxylation is 3. The highest BCUT2D eigenvalue weighted by atomic mass is 35.5. The van der Waals surface area contributed by atoms with Crippen LogP contribution in [-0.2, 0) is 30.9 Å². The van der Waals surface area contributed by atoms with Gasteiger partial charge in [-0.2, -0.15) is 0 Å². The SMILES string of the molecule is CCc1ccc(C2C[C@@H]3C(S(=O)(=O)c4ccccc4C)C(c4ccc(Cl)cc4)CC(=O)[C@@H]3CC2S(=O)(=O)c2ccc(C)cc2)cc1. The molecular formula is C38H39ClO5S2. The average molecular weight is 675 g/mol. The standard InChI is InChI=1S/C38H39ClO5S2/c1-4-26-11-13-27(14-12-26)31-21-34-33(23-37(31)45(41,42)30-19-9-24(2)10-20-30)35(40)22-32(28-15-17-29(39)18-16-28)38(34)46(43,44)36-8-6-5-7-25(36)3/h5-20,31-34,37-38H,4,21-23H2,1-3H3/t31?,32?,33-,34+,37?,38?/m1/s1. The minimum absolute atomic E-state index is 0.0196. The zero-order valence-electron chi connectivity index (χ0n) is 26.3. The first kappa shape index (κ1) is 32.7. The number of rotatable bonds is 7. The molecule has 0 heterocycles. The molecule has 0 spiro atoms. The van der Waals surface area contributed by atoms with Gasteiger partial charge in [0.15, 0.2) is 19.7 Å². The molecule has 6 atom stereocenters. The molecule has 5 nitrogen and oxygen atoms in total. The molecule has 4 aromatic rings. The lowest BCUT2D eigenvalue weighted by atomic mass is 9.61. The number of ketones is 1. The van der Waals surface area contributed by atoms with Crippen LogP contribution < -0.4 is 0 Å². The highest BCUT2D eigenvalue weighted by molar-refractivity contribution is 7.92. The van der Waals surface area contributed by atoms with Crippen molar-refractivity contribution in [2.24, 2.45) is 11.8 Å². The Balaban J connectivity index is 1.52. The number of carbonyl (C=O) groups is 1. The number of benzene rings is 4. The van der Waals surface area contributed by atoms with Gasteiger partial charge in [-0.1, -0.05) is 90.8 Å². The van der Waals surface area contributed by atoms with E-state index in [1.807, 2.05) is 49.4 Å². The maximum absolute atomic E-state index is 14.8. The van der Waals surface area contributed by atoms with Crippen LogP contribution in [0.1, 0.15) is 65.8 Å². The van der Waals surface area contributed by atoms with E-state index >= 15 is 0 Å². The van der Waals surface area contributed by atoms with E-state index in [0.29, 0.717) is 10.6 Å². The molecular weight excluding hydrogens is 636 g/mol. The van der Waals surface area contributed by atoms with Crippen LogP contribution in [0.25, 0.3) is 0 Å². The van der Waals surface area contributed by atoms with Gasteiger partial charge in [0, 0.05) is 29.2 Å². The Bertz CT molecular complexity index is 1950. The first-order valence-electron chi connectivity index (χ1n) is 15.9. The van der Waals surface area contributed by atoms with E-state index in [1.165, 1.54) is 0 Å². The summed E-state index contributed by atoms with van der Waals surface area (Å²) in [5.74, 6) is -2.45. The summed E-state index contributed by atoms with van der Waals surface area (Å²) >= 11 is 6.22. The maximum atomic E-state index is 14.8. The van der Waals surface area contributed by atoms with Crippen LogP contribution in [0.2, 0.25) is 5.02 Å². The van der Waals surface area contributed by atoms with Crippen molar-refractivity contribution in [3.8, 4) is 0 Å². The first-order chi connectivity index (χ1) is 21.9. The summed E-state index contributed by atoms with van der Waals surface area (Å²) in [5.41, 5.74) is 4.33. The minimum atomic E-state index is -3.95. The molecule has 6 rings (SSSR count). The van der Waals surface area contributed by atoms with Gasteiger partial charge in [0.2, 0.25) is 0 Å². The van der Waals surface area contributed by atoms with Gasteiger partial charge in [-0.25, -0.2) is 16.8 Å². The molecule has 46 heavy (non-hydrogen) atoms. The lowest BCUT2D eigenvalue weighted by molar-refractivity contribution is -0.128. The number of hydrogen-bond donors (Lipinski definition) is 0. The summed E-state index contributed by atoms with van der Waals surface area (Å²) in [6, 6.07) is 28.9. The van der Waals surface area contributed by atoms with E-state index in [9.17, 15) is 21.6 Å². The highest BCUT2D eigenvalue weighted by Crippen LogP contribution is 2.54. The lowest BCUT2D eigenvalue weighted by Crippen LogP contribution is -2.53. The van der Waals surface area contributed by atoms with Gasteiger partial charge in [0.1, 0.15) is 5.78 Å². The van der Waals surface area contributed by atoms with Crippen LogP contribution in [0.15, 0.2) is 107 Å². The summed E-state index contributed by atoms with van der Waals surface area (Å²) in [7, 11) is -7.82. The van der Waals surface area contributed by atoms with Gasteiger partial charge >= 0.3 is 0 Å². The van der Waals surface area contributed by atoms with Crippen LogP contribution in [0.3, 0.4) is 0 Å². The van der Waals surface area contributed by atoms with Gasteiger partial charge < -0.3 is 0 Å². The molecule has 2 saturated carbocycles. The summed E-state index contributed by atoms with van der Waals surface area (Å²) in [6.07, 6.45) is 1.20. The van der Waals surface area contributed by atoms with Crippen LogP contribution in [-0.4, -0.2) is 33.1 Å². The van der Waals surface area contributed by atoms with Crippen molar-refractivity contribution in [2.75, 3.05) is 0 Å². The topological polar surface area (TPSA) is 85.3 Å². The van der Waals surface area contributed by atoms with Crippen LogP contribution in [0.4, 0.5) is 0 Å². The molecule has 0 N–H and O–H groups in total. The monoisotopic (exact) mass is 674 g/mol. The van der Waals surface area contributed by atoms with Crippen molar-refractivity contribution in [3.05, 3.63) is 130 Å². The third-order valence-corrected chi connectivity index (χ3v) is 15.2. The molecule has 0 saturated heterocycles. The quantitative estimate of drug-likeness (QED) is 0.198. The summed E-state index contributed by atoms with van der Waals surface area (Å²) in [4.78, 5) is 14.6. The molecule has 2 aliphatic carbocycles. The second-order valence-corrected chi connectivity index (χ2v) is 17.6. The molecule has 0 radical (unpaired) electrons. The Kier molecular flexibility index (Phi) is 9.05. The molecule has 0 bridgehead atoms. The van der Waals surface area contributed by atoms with Crippen molar-refractivity contribution < 1.29 is 21.6 Å². The van der Waals surface area contributed by atoms with E-state index < -0.39 is 53.8 Å². The normalized spacial score (nSPS) is 25.2. The van der Waals surface area contributed by atoms with Crippen molar-refractivity contribution in [1.29, 1.82) is 0 Å². The molecule has 8 heteroatoms. The predicted octanol–water partition coefficient (Wildman–Crippen LogP) is 8.07. The Morgan fingerprint density at radius 1 is 0.696 bits per heavy atom. The van der Waals surface area contributed by atoms with Gasteiger partial charge in [0.05, 0.1) is 20.3 Å². The van der Waals surface area contributed by atoms with Gasteiger partial charge in [-0.3, -0.25) is 4.79 Å². The summed E-state index contributed by atoms with van der Waals surface area (Å²) in [5, 5.41) is -1.26.